The van der Waals surface area contributed by atoms with E-state index in [4.69, 9.17) is 5.11 Å². The van der Waals surface area contributed by atoms with Crippen LogP contribution in [-0.2, 0) is 6.54 Å². The van der Waals surface area contributed by atoms with E-state index in [2.05, 4.69) is 21.0 Å². The van der Waals surface area contributed by atoms with Gasteiger partial charge in [-0.3, -0.25) is 4.68 Å². The van der Waals surface area contributed by atoms with Gasteiger partial charge in [0.25, 0.3) is 0 Å². The molecular weight excluding hydrogens is 220 g/mol. The Balaban J connectivity index is 2.93. The van der Waals surface area contributed by atoms with E-state index in [0.717, 1.165) is 15.9 Å². The predicted molar refractivity (Wildman–Crippen MR) is 51.1 cm³/mol. The summed E-state index contributed by atoms with van der Waals surface area (Å²) in [4.78, 5) is 0. The Labute approximate surface area is 80.5 Å². The highest BCUT2D eigenvalue weighted by Crippen LogP contribution is 2.19. The van der Waals surface area contributed by atoms with Crippen molar-refractivity contribution in [1.29, 1.82) is 0 Å². The summed E-state index contributed by atoms with van der Waals surface area (Å²) in [6, 6.07) is 0. The van der Waals surface area contributed by atoms with Crippen molar-refractivity contribution in [3.63, 3.8) is 0 Å². The Bertz CT molecular complexity index is 281. The van der Waals surface area contributed by atoms with E-state index in [0.29, 0.717) is 6.54 Å². The lowest BCUT2D eigenvalue weighted by Crippen LogP contribution is -2.14. The van der Waals surface area contributed by atoms with Crippen molar-refractivity contribution in [3.05, 3.63) is 15.9 Å². The highest BCUT2D eigenvalue weighted by Gasteiger charge is 2.09. The maximum Gasteiger partial charge on any atom is 0.0738 e. The average Bonchev–Trinajstić information content (AvgIpc) is 2.17. The van der Waals surface area contributed by atoms with Gasteiger partial charge in [0.1, 0.15) is 0 Å². The van der Waals surface area contributed by atoms with Gasteiger partial charge in [-0.25, -0.2) is 0 Å². The minimum Gasteiger partial charge on any atom is -0.391 e. The van der Waals surface area contributed by atoms with Crippen LogP contribution in [0.3, 0.4) is 0 Å². The van der Waals surface area contributed by atoms with Crippen molar-refractivity contribution < 1.29 is 5.11 Å². The molecule has 0 aliphatic rings. The number of aryl methyl sites for hydroxylation is 1. The molecule has 68 valence electrons. The SMILES string of the molecule is Cc1nn(C[C@@H](C)O)c(C)c1Br. The van der Waals surface area contributed by atoms with Crippen LogP contribution in [0.1, 0.15) is 18.3 Å². The van der Waals surface area contributed by atoms with Crippen molar-refractivity contribution >= 4 is 15.9 Å². The van der Waals surface area contributed by atoms with Gasteiger partial charge in [-0.05, 0) is 36.7 Å². The third-order valence-corrected chi connectivity index (χ3v) is 2.88. The molecule has 0 aromatic carbocycles. The molecule has 0 unspecified atom stereocenters. The van der Waals surface area contributed by atoms with Gasteiger partial charge in [0.2, 0.25) is 0 Å². The molecule has 0 aliphatic carbocycles. The van der Waals surface area contributed by atoms with Crippen molar-refractivity contribution in [2.75, 3.05) is 0 Å². The molecule has 1 N–H and O–H groups in total. The molecule has 12 heavy (non-hydrogen) atoms. The van der Waals surface area contributed by atoms with Crippen LogP contribution in [0.4, 0.5) is 0 Å². The standard InChI is InChI=1S/C8H13BrN2O/c1-5(12)4-11-7(3)8(9)6(2)10-11/h5,12H,4H2,1-3H3/t5-/m1/s1. The van der Waals surface area contributed by atoms with Gasteiger partial charge in [0.05, 0.1) is 22.8 Å². The van der Waals surface area contributed by atoms with E-state index in [1.807, 2.05) is 18.5 Å². The molecule has 1 atom stereocenters. The zero-order valence-corrected chi connectivity index (χ0v) is 9.09. The predicted octanol–water partition coefficient (Wildman–Crippen LogP) is 1.64. The fraction of sp³-hybridized carbons (Fsp3) is 0.625. The molecule has 0 saturated carbocycles. The Morgan fingerprint density at radius 2 is 2.17 bits per heavy atom. The normalized spacial score (nSPS) is 13.4. The molecule has 1 heterocycles. The molecule has 0 fully saturated rings. The highest BCUT2D eigenvalue weighted by atomic mass is 79.9. The van der Waals surface area contributed by atoms with Gasteiger partial charge in [0, 0.05) is 5.69 Å². The quantitative estimate of drug-likeness (QED) is 0.843. The summed E-state index contributed by atoms with van der Waals surface area (Å²) in [6.07, 6.45) is -0.352. The molecule has 1 aromatic rings. The van der Waals surface area contributed by atoms with Gasteiger partial charge in [-0.1, -0.05) is 0 Å². The lowest BCUT2D eigenvalue weighted by atomic mass is 10.4. The van der Waals surface area contributed by atoms with E-state index in [1.54, 1.807) is 6.92 Å². The minimum atomic E-state index is -0.352. The summed E-state index contributed by atoms with van der Waals surface area (Å²) >= 11 is 3.42. The second kappa shape index (κ2) is 3.58. The third kappa shape index (κ3) is 1.87. The van der Waals surface area contributed by atoms with Crippen LogP contribution in [0.25, 0.3) is 0 Å². The van der Waals surface area contributed by atoms with Crippen LogP contribution in [0.15, 0.2) is 4.47 Å². The number of halogens is 1. The molecule has 0 amide bonds. The third-order valence-electron chi connectivity index (χ3n) is 1.73. The second-order valence-electron chi connectivity index (χ2n) is 3.02. The van der Waals surface area contributed by atoms with E-state index in [1.165, 1.54) is 0 Å². The van der Waals surface area contributed by atoms with Crippen molar-refractivity contribution in [2.24, 2.45) is 0 Å². The number of rotatable bonds is 2. The van der Waals surface area contributed by atoms with Gasteiger partial charge in [-0.2, -0.15) is 5.10 Å². The lowest BCUT2D eigenvalue weighted by Gasteiger charge is -2.05. The van der Waals surface area contributed by atoms with Crippen molar-refractivity contribution in [3.8, 4) is 0 Å². The Morgan fingerprint density at radius 3 is 2.50 bits per heavy atom. The highest BCUT2D eigenvalue weighted by molar-refractivity contribution is 9.10. The molecule has 0 aliphatic heterocycles. The summed E-state index contributed by atoms with van der Waals surface area (Å²) in [5.41, 5.74) is 2.03. The number of nitrogens with zero attached hydrogens (tertiary/aromatic N) is 2. The molecule has 4 heteroatoms. The van der Waals surface area contributed by atoms with Gasteiger partial charge in [0.15, 0.2) is 0 Å². The van der Waals surface area contributed by atoms with E-state index < -0.39 is 0 Å². The minimum absolute atomic E-state index is 0.352. The first-order valence-electron chi connectivity index (χ1n) is 3.90. The summed E-state index contributed by atoms with van der Waals surface area (Å²) in [6.45, 7) is 6.23. The largest absolute Gasteiger partial charge is 0.391 e. The van der Waals surface area contributed by atoms with Crippen LogP contribution in [0, 0.1) is 13.8 Å². The maximum atomic E-state index is 9.15. The first-order chi connectivity index (χ1) is 5.52. The molecule has 1 rings (SSSR count). The first kappa shape index (κ1) is 9.74. The Kier molecular flexibility index (Phi) is 2.90. The van der Waals surface area contributed by atoms with E-state index in [-0.39, 0.29) is 6.10 Å². The van der Waals surface area contributed by atoms with Gasteiger partial charge >= 0.3 is 0 Å². The van der Waals surface area contributed by atoms with E-state index in [9.17, 15) is 0 Å². The number of hydrogen-bond donors (Lipinski definition) is 1. The van der Waals surface area contributed by atoms with Gasteiger partial charge in [-0.15, -0.1) is 0 Å². The van der Waals surface area contributed by atoms with Crippen molar-refractivity contribution in [2.45, 2.75) is 33.4 Å². The summed E-state index contributed by atoms with van der Waals surface area (Å²) in [5, 5.41) is 13.4. The average molecular weight is 233 g/mol. The first-order valence-corrected chi connectivity index (χ1v) is 4.69. The topological polar surface area (TPSA) is 38.0 Å². The molecule has 0 radical (unpaired) electrons. The van der Waals surface area contributed by atoms with Gasteiger partial charge < -0.3 is 5.11 Å². The molecular formula is C8H13BrN2O. The number of aliphatic hydroxyl groups excluding tert-OH is 1. The molecule has 0 saturated heterocycles. The monoisotopic (exact) mass is 232 g/mol. The number of aliphatic hydroxyl groups is 1. The van der Waals surface area contributed by atoms with Crippen LogP contribution < -0.4 is 0 Å². The second-order valence-corrected chi connectivity index (χ2v) is 3.81. The van der Waals surface area contributed by atoms with Crippen molar-refractivity contribution in [1.82, 2.24) is 9.78 Å². The van der Waals surface area contributed by atoms with E-state index >= 15 is 0 Å². The molecule has 0 spiro atoms. The van der Waals surface area contributed by atoms with Crippen LogP contribution in [0.2, 0.25) is 0 Å². The zero-order valence-electron chi connectivity index (χ0n) is 7.50. The smallest absolute Gasteiger partial charge is 0.0738 e. The summed E-state index contributed by atoms with van der Waals surface area (Å²) in [7, 11) is 0. The molecule has 1 aromatic heterocycles. The van der Waals surface area contributed by atoms with Crippen LogP contribution in [0.5, 0.6) is 0 Å². The maximum absolute atomic E-state index is 9.15. The summed E-state index contributed by atoms with van der Waals surface area (Å²) < 4.78 is 2.84. The number of aromatic nitrogens is 2. The zero-order chi connectivity index (χ0) is 9.30. The lowest BCUT2D eigenvalue weighted by molar-refractivity contribution is 0.167. The van der Waals surface area contributed by atoms with Crippen LogP contribution in [-0.4, -0.2) is 21.0 Å². The molecule has 3 nitrogen and oxygen atoms in total. The van der Waals surface area contributed by atoms with Crippen LogP contribution >= 0.6 is 15.9 Å². The molecule has 0 bridgehead atoms. The Morgan fingerprint density at radius 1 is 1.58 bits per heavy atom. The Hall–Kier alpha value is -0.350. The number of hydrogen-bond acceptors (Lipinski definition) is 2. The fourth-order valence-electron chi connectivity index (χ4n) is 1.10. The fourth-order valence-corrected chi connectivity index (χ4v) is 1.39. The summed E-state index contributed by atoms with van der Waals surface area (Å²) in [5.74, 6) is 0.